The van der Waals surface area contributed by atoms with Crippen LogP contribution in [-0.4, -0.2) is 71.3 Å². The fourth-order valence-corrected chi connectivity index (χ4v) is 2.67. The lowest BCUT2D eigenvalue weighted by Gasteiger charge is -2.35. The second-order valence-electron chi connectivity index (χ2n) is 6.16. The molecule has 1 aliphatic heterocycles. The molecule has 3 amide bonds. The molecule has 0 aromatic heterocycles. The third-order valence-electron chi connectivity index (χ3n) is 4.32. The number of nitrogens with one attached hydrogen (secondary N) is 3. The molecular formula is C18H26N4O5. The van der Waals surface area contributed by atoms with E-state index in [0.717, 1.165) is 5.69 Å². The van der Waals surface area contributed by atoms with E-state index >= 15 is 0 Å². The summed E-state index contributed by atoms with van der Waals surface area (Å²) in [6, 6.07) is 4.99. The van der Waals surface area contributed by atoms with Crippen LogP contribution in [0.3, 0.4) is 0 Å². The molecule has 2 rings (SSSR count). The number of hydrogen-bond acceptors (Lipinski definition) is 6. The van der Waals surface area contributed by atoms with E-state index in [1.165, 1.54) is 7.05 Å². The maximum Gasteiger partial charge on any atom is 0.251 e. The Kier molecular flexibility index (Phi) is 7.42. The average Bonchev–Trinajstić information content (AvgIpc) is 2.68. The van der Waals surface area contributed by atoms with Crippen LogP contribution >= 0.6 is 0 Å². The molecule has 1 atom stereocenters. The maximum atomic E-state index is 12.2. The number of methoxy groups -OCH3 is 1. The van der Waals surface area contributed by atoms with Crippen LogP contribution in [0.2, 0.25) is 0 Å². The van der Waals surface area contributed by atoms with Crippen LogP contribution in [0.15, 0.2) is 18.2 Å². The van der Waals surface area contributed by atoms with Gasteiger partial charge in [-0.3, -0.25) is 14.4 Å². The summed E-state index contributed by atoms with van der Waals surface area (Å²) >= 11 is 0. The minimum Gasteiger partial charge on any atom is -0.489 e. The van der Waals surface area contributed by atoms with E-state index < -0.39 is 0 Å². The molecule has 1 heterocycles. The van der Waals surface area contributed by atoms with Gasteiger partial charge in [-0.2, -0.15) is 0 Å². The van der Waals surface area contributed by atoms with Gasteiger partial charge in [0.15, 0.2) is 0 Å². The van der Waals surface area contributed by atoms with Crippen LogP contribution in [0.25, 0.3) is 0 Å². The van der Waals surface area contributed by atoms with Gasteiger partial charge in [0, 0.05) is 33.3 Å². The molecule has 9 heteroatoms. The molecule has 9 nitrogen and oxygen atoms in total. The van der Waals surface area contributed by atoms with Gasteiger partial charge < -0.3 is 30.3 Å². The molecular weight excluding hydrogens is 352 g/mol. The number of carbonyl (C=O) groups is 3. The van der Waals surface area contributed by atoms with Gasteiger partial charge >= 0.3 is 0 Å². The minimum absolute atomic E-state index is 0.0605. The summed E-state index contributed by atoms with van der Waals surface area (Å²) in [5, 5.41) is 7.79. The van der Waals surface area contributed by atoms with Crippen LogP contribution in [0.4, 0.5) is 5.69 Å². The second kappa shape index (κ2) is 9.77. The lowest BCUT2D eigenvalue weighted by molar-refractivity contribution is -0.126. The minimum atomic E-state index is -0.258. The zero-order valence-electron chi connectivity index (χ0n) is 15.8. The smallest absolute Gasteiger partial charge is 0.251 e. The molecule has 1 aromatic rings. The van der Waals surface area contributed by atoms with E-state index in [2.05, 4.69) is 16.0 Å². The highest BCUT2D eigenvalue weighted by atomic mass is 16.5. The number of nitrogens with zero attached hydrogens (tertiary/aromatic N) is 1. The van der Waals surface area contributed by atoms with Crippen LogP contribution < -0.4 is 25.6 Å². The highest BCUT2D eigenvalue weighted by molar-refractivity contribution is 5.95. The van der Waals surface area contributed by atoms with E-state index in [1.54, 1.807) is 25.3 Å². The van der Waals surface area contributed by atoms with Crippen LogP contribution in [0.5, 0.6) is 5.75 Å². The third kappa shape index (κ3) is 5.58. The number of ether oxygens (including phenoxy) is 2. The lowest BCUT2D eigenvalue weighted by atomic mass is 10.1. The summed E-state index contributed by atoms with van der Waals surface area (Å²) in [6.07, 6.45) is 0.178. The monoisotopic (exact) mass is 378 g/mol. The molecule has 0 unspecified atom stereocenters. The number of likely N-dealkylation sites (N-methyl/N-ethyl adjacent to an activating group) is 2. The van der Waals surface area contributed by atoms with Gasteiger partial charge in [0.2, 0.25) is 11.8 Å². The van der Waals surface area contributed by atoms with E-state index in [9.17, 15) is 14.4 Å². The first-order valence-electron chi connectivity index (χ1n) is 8.70. The van der Waals surface area contributed by atoms with E-state index in [4.69, 9.17) is 9.47 Å². The summed E-state index contributed by atoms with van der Waals surface area (Å²) in [6.45, 7) is 1.14. The van der Waals surface area contributed by atoms with E-state index in [1.807, 2.05) is 11.9 Å². The quantitative estimate of drug-likeness (QED) is 0.527. The van der Waals surface area contributed by atoms with Gasteiger partial charge in [-0.05, 0) is 18.2 Å². The molecule has 0 fully saturated rings. The molecule has 27 heavy (non-hydrogen) atoms. The summed E-state index contributed by atoms with van der Waals surface area (Å²) in [5.41, 5.74) is 1.25. The first kappa shape index (κ1) is 20.5. The van der Waals surface area contributed by atoms with E-state index in [0.29, 0.717) is 31.1 Å². The topological polar surface area (TPSA) is 109 Å². The van der Waals surface area contributed by atoms with Gasteiger partial charge in [-0.1, -0.05) is 0 Å². The molecule has 1 aliphatic rings. The van der Waals surface area contributed by atoms with Gasteiger partial charge in [0.1, 0.15) is 12.4 Å². The lowest BCUT2D eigenvalue weighted by Crippen LogP contribution is -2.45. The Bertz CT molecular complexity index is 694. The third-order valence-corrected chi connectivity index (χ3v) is 4.32. The number of rotatable bonds is 8. The first-order valence-corrected chi connectivity index (χ1v) is 8.70. The molecule has 0 aliphatic carbocycles. The number of amides is 3. The Morgan fingerprint density at radius 1 is 1.26 bits per heavy atom. The molecule has 3 N–H and O–H groups in total. The van der Waals surface area contributed by atoms with Crippen molar-refractivity contribution in [2.75, 3.05) is 52.4 Å². The van der Waals surface area contributed by atoms with Crippen molar-refractivity contribution < 1.29 is 23.9 Å². The molecule has 0 saturated heterocycles. The molecule has 0 spiro atoms. The van der Waals surface area contributed by atoms with Crippen molar-refractivity contribution in [2.45, 2.75) is 12.5 Å². The average molecular weight is 378 g/mol. The van der Waals surface area contributed by atoms with Crippen LogP contribution in [0, 0.1) is 0 Å². The summed E-state index contributed by atoms with van der Waals surface area (Å²) in [7, 11) is 4.93. The zero-order valence-corrected chi connectivity index (χ0v) is 15.8. The first-order chi connectivity index (χ1) is 13.0. The Labute approximate surface area is 158 Å². The van der Waals surface area contributed by atoms with E-state index in [-0.39, 0.29) is 36.7 Å². The van der Waals surface area contributed by atoms with Crippen molar-refractivity contribution in [1.29, 1.82) is 0 Å². The van der Waals surface area contributed by atoms with Crippen molar-refractivity contribution in [3.05, 3.63) is 23.8 Å². The number of carbonyl (C=O) groups excluding carboxylic acids is 3. The van der Waals surface area contributed by atoms with Crippen molar-refractivity contribution in [3.63, 3.8) is 0 Å². The predicted octanol–water partition coefficient (Wildman–Crippen LogP) is -0.488. The predicted molar refractivity (Wildman–Crippen MR) is 100 cm³/mol. The largest absolute Gasteiger partial charge is 0.489 e. The standard InChI is InChI=1S/C18H26N4O5/c1-19-17(24)10-21-16(23)9-13-11-27-15-5-4-12(8-14(15)22(13)2)18(25)20-6-7-26-3/h4-5,8,13H,6-7,9-11H2,1-3H3,(H,19,24)(H,20,25)(H,21,23)/t13-/m0/s1. The van der Waals surface area contributed by atoms with Crippen molar-refractivity contribution >= 4 is 23.4 Å². The maximum absolute atomic E-state index is 12.2. The fraction of sp³-hybridized carbons (Fsp3) is 0.500. The van der Waals surface area contributed by atoms with Crippen molar-refractivity contribution in [2.24, 2.45) is 0 Å². The van der Waals surface area contributed by atoms with Crippen LogP contribution in [-0.2, 0) is 14.3 Å². The zero-order chi connectivity index (χ0) is 19.8. The Morgan fingerprint density at radius 2 is 2.04 bits per heavy atom. The van der Waals surface area contributed by atoms with Gasteiger partial charge in [-0.15, -0.1) is 0 Å². The van der Waals surface area contributed by atoms with Crippen molar-refractivity contribution in [1.82, 2.24) is 16.0 Å². The summed E-state index contributed by atoms with van der Waals surface area (Å²) in [4.78, 5) is 37.4. The van der Waals surface area contributed by atoms with Gasteiger partial charge in [-0.25, -0.2) is 0 Å². The normalized spacial score (nSPS) is 15.4. The van der Waals surface area contributed by atoms with Gasteiger partial charge in [0.25, 0.3) is 5.91 Å². The number of hydrogen-bond donors (Lipinski definition) is 3. The van der Waals surface area contributed by atoms with Gasteiger partial charge in [0.05, 0.1) is 31.3 Å². The summed E-state index contributed by atoms with van der Waals surface area (Å²) in [5.74, 6) is -0.0383. The Morgan fingerprint density at radius 3 is 2.74 bits per heavy atom. The highest BCUT2D eigenvalue weighted by Crippen LogP contribution is 2.34. The second-order valence-corrected chi connectivity index (χ2v) is 6.16. The molecule has 0 radical (unpaired) electrons. The molecule has 0 bridgehead atoms. The van der Waals surface area contributed by atoms with Crippen molar-refractivity contribution in [3.8, 4) is 5.75 Å². The molecule has 0 saturated carbocycles. The summed E-state index contributed by atoms with van der Waals surface area (Å²) < 4.78 is 10.7. The SMILES string of the molecule is CNC(=O)CNC(=O)C[C@H]1COc2ccc(C(=O)NCCOC)cc2N1C. The molecule has 148 valence electrons. The highest BCUT2D eigenvalue weighted by Gasteiger charge is 2.27. The van der Waals surface area contributed by atoms with Crippen LogP contribution in [0.1, 0.15) is 16.8 Å². The fourth-order valence-electron chi connectivity index (χ4n) is 2.67. The number of fused-ring (bicyclic) bond motifs is 1. The Balaban J connectivity index is 2.01. The number of anilines is 1. The Hall–Kier alpha value is -2.81. The number of benzene rings is 1. The molecule has 1 aromatic carbocycles.